The molecule has 2 aromatic carbocycles. The van der Waals surface area contributed by atoms with Crippen LogP contribution >= 0.6 is 0 Å². The fraction of sp³-hybridized carbons (Fsp3) is 0.417. The van der Waals surface area contributed by atoms with Crippen molar-refractivity contribution in [3.05, 3.63) is 71.8 Å². The summed E-state index contributed by atoms with van der Waals surface area (Å²) in [7, 11) is 0. The molecule has 2 fully saturated rings. The van der Waals surface area contributed by atoms with Gasteiger partial charge in [-0.15, -0.1) is 0 Å². The fourth-order valence-corrected chi connectivity index (χ4v) is 4.48. The highest BCUT2D eigenvalue weighted by Gasteiger charge is 2.38. The number of carbonyl (C=O) groups excluding carboxylic acids is 2. The molecule has 2 aromatic rings. The quantitative estimate of drug-likeness (QED) is 0.799. The van der Waals surface area contributed by atoms with Gasteiger partial charge in [0.05, 0.1) is 0 Å². The molecule has 0 aromatic heterocycles. The second-order valence-electron chi connectivity index (χ2n) is 8.02. The third-order valence-electron chi connectivity index (χ3n) is 6.10. The molecule has 4 heteroatoms. The Kier molecular flexibility index (Phi) is 5.75. The highest BCUT2D eigenvalue weighted by molar-refractivity contribution is 5.91. The van der Waals surface area contributed by atoms with Crippen molar-refractivity contribution in [2.45, 2.75) is 44.7 Å². The van der Waals surface area contributed by atoms with Crippen LogP contribution in [0.2, 0.25) is 0 Å². The number of carbonyl (C=O) groups is 2. The average molecular weight is 377 g/mol. The van der Waals surface area contributed by atoms with Crippen LogP contribution in [0, 0.1) is 5.92 Å². The highest BCUT2D eigenvalue weighted by atomic mass is 16.2. The van der Waals surface area contributed by atoms with Gasteiger partial charge in [0, 0.05) is 26.1 Å². The van der Waals surface area contributed by atoms with Crippen LogP contribution in [0.5, 0.6) is 0 Å². The summed E-state index contributed by atoms with van der Waals surface area (Å²) in [5, 5.41) is 0. The van der Waals surface area contributed by atoms with Gasteiger partial charge >= 0.3 is 0 Å². The predicted octanol–water partition coefficient (Wildman–Crippen LogP) is 3.66. The zero-order valence-electron chi connectivity index (χ0n) is 16.3. The summed E-state index contributed by atoms with van der Waals surface area (Å²) in [6.07, 6.45) is 4.30. The number of benzene rings is 2. The van der Waals surface area contributed by atoms with Crippen molar-refractivity contribution in [2.24, 2.45) is 5.92 Å². The van der Waals surface area contributed by atoms with Gasteiger partial charge in [-0.2, -0.15) is 0 Å². The summed E-state index contributed by atoms with van der Waals surface area (Å²) in [6, 6.07) is 20.3. The Bertz CT molecular complexity index is 798. The third kappa shape index (κ3) is 4.27. The van der Waals surface area contributed by atoms with Crippen LogP contribution in [-0.4, -0.2) is 40.7 Å². The lowest BCUT2D eigenvalue weighted by molar-refractivity contribution is -0.142. The van der Waals surface area contributed by atoms with Crippen LogP contribution in [0.3, 0.4) is 0 Å². The van der Waals surface area contributed by atoms with Gasteiger partial charge in [-0.25, -0.2) is 0 Å². The van der Waals surface area contributed by atoms with Gasteiger partial charge in [0.15, 0.2) is 0 Å². The minimum Gasteiger partial charge on any atom is -0.341 e. The summed E-state index contributed by atoms with van der Waals surface area (Å²) in [6.45, 7) is 2.14. The second kappa shape index (κ2) is 8.59. The third-order valence-corrected chi connectivity index (χ3v) is 6.10. The molecule has 4 nitrogen and oxygen atoms in total. The van der Waals surface area contributed by atoms with Crippen LogP contribution in [0.1, 0.15) is 36.8 Å². The van der Waals surface area contributed by atoms with Crippen LogP contribution in [-0.2, 0) is 22.6 Å². The Labute approximate surface area is 167 Å². The zero-order valence-corrected chi connectivity index (χ0v) is 16.3. The highest BCUT2D eigenvalue weighted by Crippen LogP contribution is 2.27. The predicted molar refractivity (Wildman–Crippen MR) is 109 cm³/mol. The maximum atomic E-state index is 13.1. The van der Waals surface area contributed by atoms with Crippen molar-refractivity contribution in [1.82, 2.24) is 9.80 Å². The first-order valence-electron chi connectivity index (χ1n) is 10.4. The molecule has 0 N–H and O–H groups in total. The summed E-state index contributed by atoms with van der Waals surface area (Å²) < 4.78 is 0. The van der Waals surface area contributed by atoms with E-state index < -0.39 is 0 Å². The van der Waals surface area contributed by atoms with E-state index in [9.17, 15) is 9.59 Å². The molecule has 2 heterocycles. The van der Waals surface area contributed by atoms with Crippen molar-refractivity contribution in [2.75, 3.05) is 13.1 Å². The Balaban J connectivity index is 1.34. The lowest BCUT2D eigenvalue weighted by Gasteiger charge is -2.35. The Morgan fingerprint density at radius 1 is 0.857 bits per heavy atom. The van der Waals surface area contributed by atoms with Gasteiger partial charge < -0.3 is 9.80 Å². The lowest BCUT2D eigenvalue weighted by atomic mass is 9.90. The molecule has 1 unspecified atom stereocenters. The van der Waals surface area contributed by atoms with E-state index in [1.165, 1.54) is 5.56 Å². The van der Waals surface area contributed by atoms with Crippen molar-refractivity contribution < 1.29 is 9.59 Å². The number of amides is 2. The monoisotopic (exact) mass is 376 g/mol. The summed E-state index contributed by atoms with van der Waals surface area (Å²) >= 11 is 0. The maximum absolute atomic E-state index is 13.1. The Hall–Kier alpha value is -2.62. The van der Waals surface area contributed by atoms with Crippen molar-refractivity contribution in [1.29, 1.82) is 0 Å². The van der Waals surface area contributed by atoms with Crippen molar-refractivity contribution in [3.8, 4) is 0 Å². The molecular weight excluding hydrogens is 348 g/mol. The van der Waals surface area contributed by atoms with Crippen molar-refractivity contribution in [3.63, 3.8) is 0 Å². The second-order valence-corrected chi connectivity index (χ2v) is 8.02. The van der Waals surface area contributed by atoms with E-state index in [0.29, 0.717) is 25.3 Å². The van der Waals surface area contributed by atoms with Crippen LogP contribution in [0.4, 0.5) is 0 Å². The van der Waals surface area contributed by atoms with E-state index in [4.69, 9.17) is 0 Å². The SMILES string of the molecule is O=C(C1CCC(=O)N1Cc1ccccc1)N1CCC(Cc2ccccc2)CC1. The first-order valence-corrected chi connectivity index (χ1v) is 10.4. The number of nitrogens with zero attached hydrogens (tertiary/aromatic N) is 2. The first kappa shape index (κ1) is 18.7. The minimum atomic E-state index is -0.293. The smallest absolute Gasteiger partial charge is 0.245 e. The van der Waals surface area contributed by atoms with Gasteiger partial charge in [-0.3, -0.25) is 9.59 Å². The van der Waals surface area contributed by atoms with E-state index in [-0.39, 0.29) is 17.9 Å². The molecule has 0 bridgehead atoms. The van der Waals surface area contributed by atoms with Gasteiger partial charge in [0.1, 0.15) is 6.04 Å². The molecule has 0 saturated carbocycles. The van der Waals surface area contributed by atoms with E-state index in [0.717, 1.165) is 37.9 Å². The summed E-state index contributed by atoms with van der Waals surface area (Å²) in [4.78, 5) is 29.3. The fourth-order valence-electron chi connectivity index (χ4n) is 4.48. The van der Waals surface area contributed by atoms with Crippen LogP contribution in [0.15, 0.2) is 60.7 Å². The van der Waals surface area contributed by atoms with Gasteiger partial charge in [0.25, 0.3) is 0 Å². The van der Waals surface area contributed by atoms with Gasteiger partial charge in [-0.05, 0) is 42.7 Å². The van der Waals surface area contributed by atoms with E-state index in [1.807, 2.05) is 35.2 Å². The topological polar surface area (TPSA) is 40.6 Å². The molecule has 0 spiro atoms. The van der Waals surface area contributed by atoms with Gasteiger partial charge in [0.2, 0.25) is 11.8 Å². The molecule has 2 aliphatic rings. The Morgan fingerprint density at radius 3 is 2.11 bits per heavy atom. The lowest BCUT2D eigenvalue weighted by Crippen LogP contribution is -2.49. The zero-order chi connectivity index (χ0) is 19.3. The molecule has 28 heavy (non-hydrogen) atoms. The number of hydrogen-bond donors (Lipinski definition) is 0. The molecule has 0 radical (unpaired) electrons. The van der Waals surface area contributed by atoms with Gasteiger partial charge in [-0.1, -0.05) is 60.7 Å². The van der Waals surface area contributed by atoms with Crippen molar-refractivity contribution >= 4 is 11.8 Å². The molecule has 0 aliphatic carbocycles. The largest absolute Gasteiger partial charge is 0.341 e. The Morgan fingerprint density at radius 2 is 1.46 bits per heavy atom. The number of rotatable bonds is 5. The van der Waals surface area contributed by atoms with Crippen LogP contribution in [0.25, 0.3) is 0 Å². The number of likely N-dealkylation sites (tertiary alicyclic amines) is 2. The molecule has 2 saturated heterocycles. The molecule has 1 atom stereocenters. The standard InChI is InChI=1S/C24H28N2O2/c27-23-12-11-22(26(23)18-21-9-5-2-6-10-21)24(28)25-15-13-20(14-16-25)17-19-7-3-1-4-8-19/h1-10,20,22H,11-18H2. The molecular formula is C24H28N2O2. The first-order chi connectivity index (χ1) is 13.7. The van der Waals surface area contributed by atoms with E-state index in [2.05, 4.69) is 30.3 Å². The van der Waals surface area contributed by atoms with E-state index in [1.54, 1.807) is 4.90 Å². The molecule has 146 valence electrons. The maximum Gasteiger partial charge on any atom is 0.245 e. The van der Waals surface area contributed by atoms with Crippen LogP contribution < -0.4 is 0 Å². The van der Waals surface area contributed by atoms with E-state index >= 15 is 0 Å². The molecule has 2 aliphatic heterocycles. The molecule has 2 amide bonds. The molecule has 4 rings (SSSR count). The normalized spacial score (nSPS) is 20.6. The minimum absolute atomic E-state index is 0.0983. The summed E-state index contributed by atoms with van der Waals surface area (Å²) in [5.74, 6) is 0.873. The average Bonchev–Trinajstić information content (AvgIpc) is 3.10. The number of hydrogen-bond acceptors (Lipinski definition) is 2. The summed E-state index contributed by atoms with van der Waals surface area (Å²) in [5.41, 5.74) is 2.46. The number of piperidine rings is 1.